The summed E-state index contributed by atoms with van der Waals surface area (Å²) in [5, 5.41) is 3.52. The fraction of sp³-hybridized carbons (Fsp3) is 0.158. The van der Waals surface area contributed by atoms with E-state index in [4.69, 9.17) is 21.1 Å². The van der Waals surface area contributed by atoms with Gasteiger partial charge in [0.2, 0.25) is 0 Å². The Morgan fingerprint density at radius 1 is 1.26 bits per heavy atom. The lowest BCUT2D eigenvalue weighted by atomic mass is 10.2. The number of amides is 1. The van der Waals surface area contributed by atoms with Crippen LogP contribution in [0.2, 0.25) is 5.02 Å². The summed E-state index contributed by atoms with van der Waals surface area (Å²) in [5.74, 6) is 0.428. The number of nitrogens with one attached hydrogen (secondary N) is 1. The van der Waals surface area contributed by atoms with E-state index in [-0.39, 0.29) is 11.7 Å². The van der Waals surface area contributed by atoms with Gasteiger partial charge in [-0.25, -0.2) is 9.38 Å². The molecule has 0 radical (unpaired) electrons. The number of carbonyl (C=O) groups excluding carboxylic acids is 1. The van der Waals surface area contributed by atoms with E-state index in [1.807, 2.05) is 6.92 Å². The lowest BCUT2D eigenvalue weighted by Gasteiger charge is -2.11. The molecule has 140 valence electrons. The molecule has 5 nitrogen and oxygen atoms in total. The highest BCUT2D eigenvalue weighted by molar-refractivity contribution is 8.18. The van der Waals surface area contributed by atoms with Crippen molar-refractivity contribution >= 4 is 46.2 Å². The average molecular weight is 407 g/mol. The summed E-state index contributed by atoms with van der Waals surface area (Å²) in [7, 11) is 1.53. The Morgan fingerprint density at radius 2 is 2.00 bits per heavy atom. The largest absolute Gasteiger partial charge is 0.493 e. The minimum absolute atomic E-state index is 0.287. The van der Waals surface area contributed by atoms with E-state index in [9.17, 15) is 9.18 Å². The average Bonchev–Trinajstić information content (AvgIpc) is 2.98. The second kappa shape index (κ2) is 8.45. The van der Waals surface area contributed by atoms with Crippen LogP contribution in [0, 0.1) is 5.82 Å². The van der Waals surface area contributed by atoms with Gasteiger partial charge in [0, 0.05) is 6.07 Å². The summed E-state index contributed by atoms with van der Waals surface area (Å²) in [6, 6.07) is 9.05. The molecule has 1 amide bonds. The molecule has 0 saturated carbocycles. The zero-order chi connectivity index (χ0) is 19.4. The van der Waals surface area contributed by atoms with Crippen LogP contribution in [-0.2, 0) is 4.79 Å². The van der Waals surface area contributed by atoms with Crippen molar-refractivity contribution < 1.29 is 18.7 Å². The molecule has 1 saturated heterocycles. The summed E-state index contributed by atoms with van der Waals surface area (Å²) in [5.41, 5.74) is 1.17. The van der Waals surface area contributed by atoms with Crippen molar-refractivity contribution in [3.05, 3.63) is 57.7 Å². The monoisotopic (exact) mass is 406 g/mol. The van der Waals surface area contributed by atoms with Gasteiger partial charge in [0.25, 0.3) is 5.91 Å². The van der Waals surface area contributed by atoms with Gasteiger partial charge in [-0.05, 0) is 60.7 Å². The number of ether oxygens (including phenoxy) is 2. The molecule has 3 rings (SSSR count). The van der Waals surface area contributed by atoms with Crippen molar-refractivity contribution in [1.82, 2.24) is 5.32 Å². The number of hydrogen-bond acceptors (Lipinski definition) is 5. The molecule has 1 fully saturated rings. The molecule has 0 spiro atoms. The first kappa shape index (κ1) is 19.3. The third-order valence-electron chi connectivity index (χ3n) is 3.58. The van der Waals surface area contributed by atoms with Gasteiger partial charge in [-0.1, -0.05) is 11.6 Å². The molecule has 0 aliphatic carbocycles. The molecule has 1 N–H and O–H groups in total. The normalized spacial score (nSPS) is 16.7. The number of amidine groups is 1. The van der Waals surface area contributed by atoms with Gasteiger partial charge in [-0.3, -0.25) is 4.79 Å². The minimum Gasteiger partial charge on any atom is -0.493 e. The van der Waals surface area contributed by atoms with E-state index in [0.29, 0.717) is 44.5 Å². The Kier molecular flexibility index (Phi) is 6.03. The maximum atomic E-state index is 13.0. The zero-order valence-electron chi connectivity index (χ0n) is 14.6. The highest BCUT2D eigenvalue weighted by atomic mass is 35.5. The molecular formula is C19H16ClFN2O3S. The highest BCUT2D eigenvalue weighted by Crippen LogP contribution is 2.36. The first-order chi connectivity index (χ1) is 13.0. The summed E-state index contributed by atoms with van der Waals surface area (Å²) < 4.78 is 23.8. The van der Waals surface area contributed by atoms with E-state index in [0.717, 1.165) is 0 Å². The van der Waals surface area contributed by atoms with Crippen molar-refractivity contribution in [2.75, 3.05) is 13.7 Å². The molecule has 1 aliphatic heterocycles. The fourth-order valence-corrected chi connectivity index (χ4v) is 3.38. The molecule has 0 aromatic heterocycles. The molecule has 2 aromatic carbocycles. The van der Waals surface area contributed by atoms with Crippen LogP contribution >= 0.6 is 23.4 Å². The summed E-state index contributed by atoms with van der Waals surface area (Å²) in [6.45, 7) is 2.35. The number of methoxy groups -OCH3 is 1. The molecule has 8 heteroatoms. The molecule has 0 atom stereocenters. The number of aliphatic imine (C=N–C) groups is 1. The maximum Gasteiger partial charge on any atom is 0.264 e. The molecule has 2 aromatic rings. The lowest BCUT2D eigenvalue weighted by molar-refractivity contribution is -0.115. The van der Waals surface area contributed by atoms with Crippen LogP contribution in [-0.4, -0.2) is 24.8 Å². The van der Waals surface area contributed by atoms with Crippen LogP contribution in [0.4, 0.5) is 10.1 Å². The molecular weight excluding hydrogens is 391 g/mol. The van der Waals surface area contributed by atoms with Crippen molar-refractivity contribution in [2.24, 2.45) is 4.99 Å². The standard InChI is InChI=1S/C19H16ClFN2O3S/c1-3-26-16-10-14(20)11(8-15(16)25-2)9-17-18(24)23-19(27-17)22-13-6-4-12(21)5-7-13/h4-10H,3H2,1-2H3,(H,22,23,24)/b17-9+. The molecule has 27 heavy (non-hydrogen) atoms. The number of carbonyl (C=O) groups is 1. The van der Waals surface area contributed by atoms with E-state index in [2.05, 4.69) is 10.3 Å². The van der Waals surface area contributed by atoms with Crippen LogP contribution in [0.3, 0.4) is 0 Å². The second-order valence-electron chi connectivity index (χ2n) is 5.42. The fourth-order valence-electron chi connectivity index (χ4n) is 2.34. The minimum atomic E-state index is -0.346. The first-order valence-electron chi connectivity index (χ1n) is 8.05. The van der Waals surface area contributed by atoms with Gasteiger partial charge in [-0.15, -0.1) is 0 Å². The van der Waals surface area contributed by atoms with Crippen molar-refractivity contribution in [2.45, 2.75) is 6.92 Å². The van der Waals surface area contributed by atoms with E-state index < -0.39 is 0 Å². The van der Waals surface area contributed by atoms with Crippen LogP contribution in [0.25, 0.3) is 6.08 Å². The van der Waals surface area contributed by atoms with Crippen molar-refractivity contribution in [3.63, 3.8) is 0 Å². The predicted octanol–water partition coefficient (Wildman–Crippen LogP) is 4.78. The Bertz CT molecular complexity index is 929. The quantitative estimate of drug-likeness (QED) is 0.726. The number of thioether (sulfide) groups is 1. The number of halogens is 2. The molecule has 1 aliphatic rings. The Labute approximate surface area is 165 Å². The topological polar surface area (TPSA) is 59.9 Å². The molecule has 1 heterocycles. The van der Waals surface area contributed by atoms with E-state index in [1.165, 1.54) is 43.1 Å². The SMILES string of the molecule is CCOc1cc(Cl)c(/C=C2/SC(=Nc3ccc(F)cc3)NC2=O)cc1OC. The van der Waals surface area contributed by atoms with Gasteiger partial charge in [-0.2, -0.15) is 0 Å². The van der Waals surface area contributed by atoms with Crippen molar-refractivity contribution in [3.8, 4) is 11.5 Å². The van der Waals surface area contributed by atoms with Crippen LogP contribution in [0.1, 0.15) is 12.5 Å². The van der Waals surface area contributed by atoms with Crippen LogP contribution < -0.4 is 14.8 Å². The Hall–Kier alpha value is -2.51. The third kappa shape index (κ3) is 4.61. The highest BCUT2D eigenvalue weighted by Gasteiger charge is 2.24. The Balaban J connectivity index is 1.87. The van der Waals surface area contributed by atoms with Gasteiger partial charge in [0.15, 0.2) is 16.7 Å². The first-order valence-corrected chi connectivity index (χ1v) is 9.25. The van der Waals surface area contributed by atoms with Gasteiger partial charge < -0.3 is 14.8 Å². The molecule has 0 unspecified atom stereocenters. The van der Waals surface area contributed by atoms with Gasteiger partial charge in [0.1, 0.15) is 5.82 Å². The molecule has 0 bridgehead atoms. The third-order valence-corrected chi connectivity index (χ3v) is 4.81. The maximum absolute atomic E-state index is 13.0. The summed E-state index contributed by atoms with van der Waals surface area (Å²) >= 11 is 7.49. The number of benzene rings is 2. The lowest BCUT2D eigenvalue weighted by Crippen LogP contribution is -2.19. The summed E-state index contributed by atoms with van der Waals surface area (Å²) in [6.07, 6.45) is 1.66. The number of hydrogen-bond donors (Lipinski definition) is 1. The smallest absolute Gasteiger partial charge is 0.264 e. The second-order valence-corrected chi connectivity index (χ2v) is 6.85. The van der Waals surface area contributed by atoms with E-state index in [1.54, 1.807) is 18.2 Å². The van der Waals surface area contributed by atoms with Crippen molar-refractivity contribution in [1.29, 1.82) is 0 Å². The van der Waals surface area contributed by atoms with Crippen LogP contribution in [0.5, 0.6) is 11.5 Å². The zero-order valence-corrected chi connectivity index (χ0v) is 16.2. The van der Waals surface area contributed by atoms with E-state index >= 15 is 0 Å². The number of rotatable bonds is 5. The Morgan fingerprint density at radius 3 is 2.67 bits per heavy atom. The number of nitrogens with zero attached hydrogens (tertiary/aromatic N) is 1. The van der Waals surface area contributed by atoms with Crippen LogP contribution in [0.15, 0.2) is 46.3 Å². The predicted molar refractivity (Wildman–Crippen MR) is 106 cm³/mol. The summed E-state index contributed by atoms with van der Waals surface area (Å²) in [4.78, 5) is 17.0. The van der Waals surface area contributed by atoms with Gasteiger partial charge >= 0.3 is 0 Å². The van der Waals surface area contributed by atoms with Gasteiger partial charge in [0.05, 0.1) is 29.3 Å².